The number of fused-ring (bicyclic) bond motifs is 1. The normalized spacial score (nSPS) is 14.8. The molecule has 1 aliphatic rings. The number of carbonyl (C=O) groups is 1. The van der Waals surface area contributed by atoms with Gasteiger partial charge in [-0.15, -0.1) is 0 Å². The molecule has 1 aliphatic heterocycles. The van der Waals surface area contributed by atoms with E-state index in [1.807, 2.05) is 12.1 Å². The quantitative estimate of drug-likeness (QED) is 0.636. The molecule has 1 aromatic carbocycles. The molecule has 1 amide bonds. The molecule has 3 aromatic rings. The van der Waals surface area contributed by atoms with Crippen molar-refractivity contribution in [2.45, 2.75) is 39.2 Å². The second kappa shape index (κ2) is 9.02. The van der Waals surface area contributed by atoms with Gasteiger partial charge in [-0.25, -0.2) is 9.78 Å². The average Bonchev–Trinajstić information content (AvgIpc) is 3.21. The van der Waals surface area contributed by atoms with E-state index >= 15 is 0 Å². The highest BCUT2D eigenvalue weighted by atomic mass is 16.2. The number of hydrogen-bond acceptors (Lipinski definition) is 5. The Morgan fingerprint density at radius 1 is 1.09 bits per heavy atom. The van der Waals surface area contributed by atoms with Gasteiger partial charge in [-0.2, -0.15) is 0 Å². The molecule has 0 aliphatic carbocycles. The molecular formula is C23H30N6O3. The van der Waals surface area contributed by atoms with Gasteiger partial charge in [0.2, 0.25) is 5.91 Å². The van der Waals surface area contributed by atoms with Crippen LogP contribution >= 0.6 is 0 Å². The molecule has 3 heterocycles. The summed E-state index contributed by atoms with van der Waals surface area (Å²) in [5.74, 6) is 0.717. The van der Waals surface area contributed by atoms with Crippen LogP contribution in [0, 0.1) is 5.92 Å². The fourth-order valence-corrected chi connectivity index (χ4v) is 4.22. The predicted octanol–water partition coefficient (Wildman–Crippen LogP) is 2.09. The van der Waals surface area contributed by atoms with Crippen LogP contribution in [-0.4, -0.2) is 37.7 Å². The van der Waals surface area contributed by atoms with E-state index in [2.05, 4.69) is 34.3 Å². The van der Waals surface area contributed by atoms with Crippen molar-refractivity contribution in [3.05, 3.63) is 51.4 Å². The van der Waals surface area contributed by atoms with Crippen LogP contribution in [0.5, 0.6) is 0 Å². The first-order valence-electron chi connectivity index (χ1n) is 11.1. The number of carbonyl (C=O) groups excluding carboxylic acids is 1. The fraction of sp³-hybridized carbons (Fsp3) is 0.478. The molecule has 32 heavy (non-hydrogen) atoms. The van der Waals surface area contributed by atoms with Crippen molar-refractivity contribution >= 4 is 28.4 Å². The van der Waals surface area contributed by atoms with Crippen LogP contribution in [-0.2, 0) is 25.4 Å². The number of hydrogen-bond donors (Lipinski definition) is 1. The zero-order valence-corrected chi connectivity index (χ0v) is 18.9. The van der Waals surface area contributed by atoms with Crippen LogP contribution in [0.15, 0.2) is 40.2 Å². The highest BCUT2D eigenvalue weighted by Crippen LogP contribution is 2.24. The lowest BCUT2D eigenvalue weighted by Gasteiger charge is -2.32. The number of nitrogens with zero attached hydrogens (tertiary/aromatic N) is 5. The number of aromatic nitrogens is 4. The number of anilines is 2. The summed E-state index contributed by atoms with van der Waals surface area (Å²) < 4.78 is 4.13. The van der Waals surface area contributed by atoms with E-state index in [1.165, 1.54) is 30.1 Å². The van der Waals surface area contributed by atoms with Gasteiger partial charge in [0.1, 0.15) is 0 Å². The maximum absolute atomic E-state index is 12.5. The number of imidazole rings is 1. The van der Waals surface area contributed by atoms with Crippen molar-refractivity contribution in [3.63, 3.8) is 0 Å². The molecule has 0 radical (unpaired) electrons. The summed E-state index contributed by atoms with van der Waals surface area (Å²) in [5.41, 5.74) is 1.91. The first-order chi connectivity index (χ1) is 15.3. The van der Waals surface area contributed by atoms with Crippen LogP contribution in [0.2, 0.25) is 0 Å². The smallest absolute Gasteiger partial charge is 0.332 e. The topological polar surface area (TPSA) is 94.2 Å². The van der Waals surface area contributed by atoms with Gasteiger partial charge < -0.3 is 14.8 Å². The summed E-state index contributed by atoms with van der Waals surface area (Å²) in [5, 5.41) is 2.94. The molecule has 0 atom stereocenters. The van der Waals surface area contributed by atoms with Gasteiger partial charge in [0.15, 0.2) is 11.2 Å². The zero-order valence-electron chi connectivity index (χ0n) is 18.9. The molecule has 4 rings (SSSR count). The monoisotopic (exact) mass is 438 g/mol. The van der Waals surface area contributed by atoms with Crippen molar-refractivity contribution in [1.29, 1.82) is 0 Å². The Morgan fingerprint density at radius 3 is 2.47 bits per heavy atom. The SMILES string of the molecule is CC1CCN(c2ccc(NC(=O)CCCn3cnc4c3c(=O)n(C)c(=O)n4C)cc2)CC1. The third kappa shape index (κ3) is 4.32. The summed E-state index contributed by atoms with van der Waals surface area (Å²) in [7, 11) is 3.04. The molecule has 1 N–H and O–H groups in total. The van der Waals surface area contributed by atoms with Gasteiger partial charge in [-0.05, 0) is 49.4 Å². The van der Waals surface area contributed by atoms with Crippen LogP contribution in [0.3, 0.4) is 0 Å². The number of nitrogens with one attached hydrogen (secondary N) is 1. The minimum Gasteiger partial charge on any atom is -0.372 e. The van der Waals surface area contributed by atoms with Crippen LogP contribution in [0.25, 0.3) is 11.2 Å². The van der Waals surface area contributed by atoms with Crippen molar-refractivity contribution in [1.82, 2.24) is 18.7 Å². The van der Waals surface area contributed by atoms with Gasteiger partial charge in [0.25, 0.3) is 5.56 Å². The van der Waals surface area contributed by atoms with Gasteiger partial charge in [-0.3, -0.25) is 18.7 Å². The maximum Gasteiger partial charge on any atom is 0.332 e. The summed E-state index contributed by atoms with van der Waals surface area (Å²) in [6.07, 6.45) is 4.84. The number of rotatable bonds is 6. The second-order valence-corrected chi connectivity index (χ2v) is 8.68. The Balaban J connectivity index is 1.33. The minimum absolute atomic E-state index is 0.0747. The maximum atomic E-state index is 12.5. The third-order valence-corrected chi connectivity index (χ3v) is 6.32. The van der Waals surface area contributed by atoms with E-state index in [-0.39, 0.29) is 11.5 Å². The molecule has 2 aromatic heterocycles. The lowest BCUT2D eigenvalue weighted by molar-refractivity contribution is -0.116. The standard InChI is InChI=1S/C23H30N6O3/c1-16-10-13-28(14-11-16)18-8-6-17(7-9-18)25-19(30)5-4-12-29-15-24-21-20(29)22(31)27(3)23(32)26(21)2/h6-9,15-16H,4-5,10-14H2,1-3H3,(H,25,30). The highest BCUT2D eigenvalue weighted by Gasteiger charge is 2.16. The average molecular weight is 439 g/mol. The number of amides is 1. The Kier molecular flexibility index (Phi) is 6.16. The molecule has 1 fully saturated rings. The van der Waals surface area contributed by atoms with E-state index < -0.39 is 5.69 Å². The van der Waals surface area contributed by atoms with E-state index in [0.717, 1.165) is 29.3 Å². The molecule has 9 heteroatoms. The summed E-state index contributed by atoms with van der Waals surface area (Å²) in [6.45, 7) is 4.91. The largest absolute Gasteiger partial charge is 0.372 e. The van der Waals surface area contributed by atoms with Crippen molar-refractivity contribution in [3.8, 4) is 0 Å². The minimum atomic E-state index is -0.409. The predicted molar refractivity (Wildman–Crippen MR) is 125 cm³/mol. The first-order valence-corrected chi connectivity index (χ1v) is 11.1. The molecule has 0 unspecified atom stereocenters. The van der Waals surface area contributed by atoms with E-state index in [0.29, 0.717) is 30.6 Å². The molecule has 170 valence electrons. The number of benzene rings is 1. The van der Waals surface area contributed by atoms with Gasteiger partial charge in [0.05, 0.1) is 6.33 Å². The molecule has 9 nitrogen and oxygen atoms in total. The Bertz CT molecular complexity index is 1230. The van der Waals surface area contributed by atoms with Crippen LogP contribution in [0.1, 0.15) is 32.6 Å². The summed E-state index contributed by atoms with van der Waals surface area (Å²) in [4.78, 5) is 43.5. The molecular weight excluding hydrogens is 408 g/mol. The third-order valence-electron chi connectivity index (χ3n) is 6.32. The number of piperidine rings is 1. The molecule has 0 spiro atoms. The first kappa shape index (κ1) is 21.9. The highest BCUT2D eigenvalue weighted by molar-refractivity contribution is 5.90. The Labute approximate surface area is 186 Å². The molecule has 0 saturated carbocycles. The summed E-state index contributed by atoms with van der Waals surface area (Å²) >= 11 is 0. The fourth-order valence-electron chi connectivity index (χ4n) is 4.22. The van der Waals surface area contributed by atoms with Crippen molar-refractivity contribution < 1.29 is 4.79 Å². The van der Waals surface area contributed by atoms with Crippen molar-refractivity contribution in [2.24, 2.45) is 20.0 Å². The van der Waals surface area contributed by atoms with Gasteiger partial charge in [0, 0.05) is 51.5 Å². The van der Waals surface area contributed by atoms with Gasteiger partial charge >= 0.3 is 5.69 Å². The molecule has 0 bridgehead atoms. The van der Waals surface area contributed by atoms with Crippen LogP contribution < -0.4 is 21.5 Å². The lowest BCUT2D eigenvalue weighted by atomic mass is 9.99. The second-order valence-electron chi connectivity index (χ2n) is 8.68. The number of aryl methyl sites for hydroxylation is 2. The Morgan fingerprint density at radius 2 is 1.78 bits per heavy atom. The summed E-state index contributed by atoms with van der Waals surface area (Å²) in [6, 6.07) is 8.00. The van der Waals surface area contributed by atoms with Crippen LogP contribution in [0.4, 0.5) is 11.4 Å². The Hall–Kier alpha value is -3.36. The zero-order chi connectivity index (χ0) is 22.8. The lowest BCUT2D eigenvalue weighted by Crippen LogP contribution is -2.37. The van der Waals surface area contributed by atoms with E-state index in [9.17, 15) is 14.4 Å². The molecule has 1 saturated heterocycles. The van der Waals surface area contributed by atoms with E-state index in [1.54, 1.807) is 17.9 Å². The van der Waals surface area contributed by atoms with Crippen molar-refractivity contribution in [2.75, 3.05) is 23.3 Å². The van der Waals surface area contributed by atoms with Gasteiger partial charge in [-0.1, -0.05) is 6.92 Å². The van der Waals surface area contributed by atoms with E-state index in [4.69, 9.17) is 0 Å².